The summed E-state index contributed by atoms with van der Waals surface area (Å²) in [6, 6.07) is 20.5. The van der Waals surface area contributed by atoms with E-state index in [1.54, 1.807) is 18.2 Å². The molecule has 0 radical (unpaired) electrons. The monoisotopic (exact) mass is 581 g/mol. The van der Waals surface area contributed by atoms with Gasteiger partial charge in [0.2, 0.25) is 0 Å². The SMILES string of the molecule is O=S(=O)(c1ccccc1CCCCOCc1cccc(CCNCC(O)c2ccc(O)c(CO)c2)c1)C1CCCC1. The lowest BCUT2D eigenvalue weighted by molar-refractivity contribution is 0.117. The van der Waals surface area contributed by atoms with Gasteiger partial charge in [0, 0.05) is 18.7 Å². The smallest absolute Gasteiger partial charge is 0.181 e. The van der Waals surface area contributed by atoms with Crippen molar-refractivity contribution < 1.29 is 28.5 Å². The summed E-state index contributed by atoms with van der Waals surface area (Å²) in [7, 11) is -3.25. The average molecular weight is 582 g/mol. The fourth-order valence-corrected chi connectivity index (χ4v) is 7.60. The second-order valence-electron chi connectivity index (χ2n) is 10.9. The van der Waals surface area contributed by atoms with Crippen molar-refractivity contribution in [2.24, 2.45) is 0 Å². The van der Waals surface area contributed by atoms with Crippen LogP contribution in [0.5, 0.6) is 5.75 Å². The van der Waals surface area contributed by atoms with Crippen molar-refractivity contribution in [1.82, 2.24) is 5.32 Å². The van der Waals surface area contributed by atoms with E-state index < -0.39 is 15.9 Å². The van der Waals surface area contributed by atoms with Crippen LogP contribution in [0.15, 0.2) is 71.6 Å². The molecule has 1 saturated carbocycles. The minimum absolute atomic E-state index is 0.0217. The van der Waals surface area contributed by atoms with Gasteiger partial charge in [-0.15, -0.1) is 0 Å². The molecule has 1 atom stereocenters. The Labute approximate surface area is 244 Å². The van der Waals surface area contributed by atoms with Crippen molar-refractivity contribution in [2.45, 2.75) is 80.8 Å². The van der Waals surface area contributed by atoms with Crippen LogP contribution in [0.4, 0.5) is 0 Å². The molecular formula is C33H43NO6S. The van der Waals surface area contributed by atoms with Crippen molar-refractivity contribution >= 4 is 9.84 Å². The first-order valence-electron chi connectivity index (χ1n) is 14.7. The Morgan fingerprint density at radius 2 is 1.68 bits per heavy atom. The summed E-state index contributed by atoms with van der Waals surface area (Å²) >= 11 is 0. The first-order chi connectivity index (χ1) is 19.9. The number of aliphatic hydroxyl groups excluding tert-OH is 2. The molecule has 0 saturated heterocycles. The van der Waals surface area contributed by atoms with E-state index in [1.807, 2.05) is 30.3 Å². The van der Waals surface area contributed by atoms with Gasteiger partial charge in [-0.1, -0.05) is 61.4 Å². The lowest BCUT2D eigenvalue weighted by Gasteiger charge is -2.15. The van der Waals surface area contributed by atoms with Gasteiger partial charge in [-0.05, 0) is 85.5 Å². The molecule has 1 unspecified atom stereocenters. The topological polar surface area (TPSA) is 116 Å². The molecule has 0 aliphatic heterocycles. The van der Waals surface area contributed by atoms with Gasteiger partial charge in [-0.25, -0.2) is 8.42 Å². The molecule has 0 bridgehead atoms. The number of sulfone groups is 1. The second-order valence-corrected chi connectivity index (χ2v) is 13.1. The Kier molecular flexibility index (Phi) is 11.8. The molecule has 0 heterocycles. The van der Waals surface area contributed by atoms with Crippen LogP contribution in [0.3, 0.4) is 0 Å². The highest BCUT2D eigenvalue weighted by Crippen LogP contribution is 2.31. The number of ether oxygens (including phenoxy) is 1. The number of hydrogen-bond acceptors (Lipinski definition) is 7. The summed E-state index contributed by atoms with van der Waals surface area (Å²) in [4.78, 5) is 0.518. The fourth-order valence-electron chi connectivity index (χ4n) is 5.48. The highest BCUT2D eigenvalue weighted by molar-refractivity contribution is 7.92. The van der Waals surface area contributed by atoms with Gasteiger partial charge in [0.15, 0.2) is 9.84 Å². The summed E-state index contributed by atoms with van der Waals surface area (Å²) in [6.45, 7) is 1.94. The maximum Gasteiger partial charge on any atom is 0.181 e. The van der Waals surface area contributed by atoms with Crippen LogP contribution in [0.25, 0.3) is 0 Å². The van der Waals surface area contributed by atoms with E-state index in [2.05, 4.69) is 17.4 Å². The van der Waals surface area contributed by atoms with E-state index in [0.717, 1.165) is 62.5 Å². The van der Waals surface area contributed by atoms with E-state index in [4.69, 9.17) is 4.74 Å². The number of nitrogens with one attached hydrogen (secondary N) is 1. The van der Waals surface area contributed by atoms with E-state index in [1.165, 1.54) is 11.6 Å². The Morgan fingerprint density at radius 3 is 2.49 bits per heavy atom. The van der Waals surface area contributed by atoms with Crippen LogP contribution in [0, 0.1) is 0 Å². The minimum atomic E-state index is -3.25. The zero-order valence-electron chi connectivity index (χ0n) is 23.7. The van der Waals surface area contributed by atoms with Crippen LogP contribution in [0.1, 0.15) is 72.4 Å². The zero-order chi connectivity index (χ0) is 29.1. The molecular weight excluding hydrogens is 538 g/mol. The molecule has 41 heavy (non-hydrogen) atoms. The highest BCUT2D eigenvalue weighted by Gasteiger charge is 2.31. The summed E-state index contributed by atoms with van der Waals surface area (Å²) < 4.78 is 32.2. The summed E-state index contributed by atoms with van der Waals surface area (Å²) in [6.07, 6.45) is 6.11. The second kappa shape index (κ2) is 15.5. The first kappa shape index (κ1) is 31.2. The molecule has 8 heteroatoms. The molecule has 4 N–H and O–H groups in total. The third-order valence-electron chi connectivity index (χ3n) is 7.85. The van der Waals surface area contributed by atoms with Crippen molar-refractivity contribution in [1.29, 1.82) is 0 Å². The third-order valence-corrected chi connectivity index (χ3v) is 10.2. The highest BCUT2D eigenvalue weighted by atomic mass is 32.2. The van der Waals surface area contributed by atoms with Crippen LogP contribution in [-0.4, -0.2) is 48.7 Å². The number of aromatic hydroxyl groups is 1. The molecule has 1 aliphatic rings. The molecule has 4 rings (SSSR count). The summed E-state index contributed by atoms with van der Waals surface area (Å²) in [5.74, 6) is 0.0217. The lowest BCUT2D eigenvalue weighted by atomic mass is 10.0. The average Bonchev–Trinajstić information content (AvgIpc) is 3.54. The molecule has 7 nitrogen and oxygen atoms in total. The lowest BCUT2D eigenvalue weighted by Crippen LogP contribution is -2.23. The number of benzene rings is 3. The zero-order valence-corrected chi connectivity index (χ0v) is 24.5. The van der Waals surface area contributed by atoms with Gasteiger partial charge in [-0.2, -0.15) is 0 Å². The molecule has 0 amide bonds. The minimum Gasteiger partial charge on any atom is -0.508 e. The number of unbranched alkanes of at least 4 members (excludes halogenated alkanes) is 1. The molecule has 0 aromatic heterocycles. The Bertz CT molecular complexity index is 1350. The van der Waals surface area contributed by atoms with Crippen molar-refractivity contribution in [3.05, 3.63) is 94.5 Å². The van der Waals surface area contributed by atoms with Crippen LogP contribution < -0.4 is 5.32 Å². The van der Waals surface area contributed by atoms with Gasteiger partial charge in [0.1, 0.15) is 5.75 Å². The molecule has 1 aliphatic carbocycles. The number of aliphatic hydroxyl groups is 2. The van der Waals surface area contributed by atoms with Gasteiger partial charge in [0.05, 0.1) is 29.5 Å². The van der Waals surface area contributed by atoms with Crippen molar-refractivity contribution in [3.8, 4) is 5.75 Å². The normalized spacial score (nSPS) is 14.9. The van der Waals surface area contributed by atoms with Crippen LogP contribution >= 0.6 is 0 Å². The van der Waals surface area contributed by atoms with Crippen LogP contribution in [0.2, 0.25) is 0 Å². The molecule has 3 aromatic carbocycles. The first-order valence-corrected chi connectivity index (χ1v) is 16.2. The predicted octanol–water partition coefficient (Wildman–Crippen LogP) is 5.01. The third kappa shape index (κ3) is 8.87. The fraction of sp³-hybridized carbons (Fsp3) is 0.455. The standard InChI is InChI=1S/C33H43NO6S/c35-23-29-21-28(15-16-31(29)36)32(37)22-34-18-17-25-8-7-9-26(20-25)24-40-19-6-5-11-27-10-1-4-14-33(27)41(38,39)30-12-2-3-13-30/h1,4,7-10,14-16,20-21,30,32,34-37H,2-3,5-6,11-13,17-19,22-24H2. The van der Waals surface area contributed by atoms with E-state index in [9.17, 15) is 23.7 Å². The summed E-state index contributed by atoms with van der Waals surface area (Å²) in [5, 5.41) is 32.5. The van der Waals surface area contributed by atoms with Crippen molar-refractivity contribution in [3.63, 3.8) is 0 Å². The Hall–Kier alpha value is -2.75. The summed E-state index contributed by atoms with van der Waals surface area (Å²) in [5.41, 5.74) is 4.26. The van der Waals surface area contributed by atoms with Gasteiger partial charge >= 0.3 is 0 Å². The number of phenols is 1. The van der Waals surface area contributed by atoms with Crippen LogP contribution in [-0.2, 0) is 40.6 Å². The molecule has 3 aromatic rings. The van der Waals surface area contributed by atoms with Crippen molar-refractivity contribution in [2.75, 3.05) is 19.7 Å². The maximum atomic E-state index is 13.1. The number of aryl methyl sites for hydroxylation is 1. The largest absolute Gasteiger partial charge is 0.508 e. The quantitative estimate of drug-likeness (QED) is 0.176. The predicted molar refractivity (Wildman–Crippen MR) is 160 cm³/mol. The van der Waals surface area contributed by atoms with E-state index >= 15 is 0 Å². The van der Waals surface area contributed by atoms with Gasteiger partial charge in [0.25, 0.3) is 0 Å². The number of hydrogen-bond donors (Lipinski definition) is 4. The molecule has 222 valence electrons. The Morgan fingerprint density at radius 1 is 0.902 bits per heavy atom. The van der Waals surface area contributed by atoms with E-state index in [-0.39, 0.29) is 17.6 Å². The number of rotatable bonds is 16. The van der Waals surface area contributed by atoms with Gasteiger partial charge < -0.3 is 25.4 Å². The van der Waals surface area contributed by atoms with Gasteiger partial charge in [-0.3, -0.25) is 0 Å². The molecule has 1 fully saturated rings. The molecule has 0 spiro atoms. The maximum absolute atomic E-state index is 13.1. The Balaban J connectivity index is 1.15. The van der Waals surface area contributed by atoms with E-state index in [0.29, 0.717) is 42.3 Å².